The SMILES string of the molecule is CCO[Si](C)(OCC)O[P+](=O)OC. The fourth-order valence-electron chi connectivity index (χ4n) is 0.791. The third-order valence-electron chi connectivity index (χ3n) is 1.20. The molecule has 0 saturated heterocycles. The monoisotopic (exact) mass is 227 g/mol. The van der Waals surface area contributed by atoms with E-state index in [0.29, 0.717) is 13.2 Å². The van der Waals surface area contributed by atoms with Crippen LogP contribution < -0.4 is 0 Å². The maximum atomic E-state index is 11.0. The standard InChI is InChI=1S/C6H16O5PSi/c1-5-9-13(4,10-6-2)11-12(7)8-3/h5-6H2,1-4H3/q+1. The third kappa shape index (κ3) is 5.46. The minimum atomic E-state index is -2.74. The van der Waals surface area contributed by atoms with Crippen molar-refractivity contribution in [3.8, 4) is 0 Å². The van der Waals surface area contributed by atoms with E-state index in [-0.39, 0.29) is 0 Å². The first-order chi connectivity index (χ1) is 6.08. The molecule has 0 aliphatic rings. The topological polar surface area (TPSA) is 54.0 Å². The Bertz CT molecular complexity index is 159. The average Bonchev–Trinajstić information content (AvgIpc) is 2.04. The van der Waals surface area contributed by atoms with Crippen molar-refractivity contribution in [1.82, 2.24) is 0 Å². The van der Waals surface area contributed by atoms with Gasteiger partial charge >= 0.3 is 17.1 Å². The van der Waals surface area contributed by atoms with Crippen molar-refractivity contribution in [1.29, 1.82) is 0 Å². The average molecular weight is 227 g/mol. The summed E-state index contributed by atoms with van der Waals surface area (Å²) in [6, 6.07) is 0. The second kappa shape index (κ2) is 6.59. The molecule has 0 aliphatic carbocycles. The van der Waals surface area contributed by atoms with Crippen LogP contribution in [0.1, 0.15) is 13.8 Å². The molecular formula is C6H16O5PSi+. The molecule has 0 fully saturated rings. The Morgan fingerprint density at radius 3 is 2.00 bits per heavy atom. The molecule has 1 atom stereocenters. The molecule has 0 bridgehead atoms. The van der Waals surface area contributed by atoms with E-state index in [2.05, 4.69) is 4.52 Å². The Morgan fingerprint density at radius 1 is 1.23 bits per heavy atom. The van der Waals surface area contributed by atoms with Crippen LogP contribution in [0.25, 0.3) is 0 Å². The minimum Gasteiger partial charge on any atom is -0.372 e. The highest BCUT2D eigenvalue weighted by Crippen LogP contribution is 2.29. The van der Waals surface area contributed by atoms with Gasteiger partial charge in [0.15, 0.2) is 0 Å². The van der Waals surface area contributed by atoms with E-state index in [4.69, 9.17) is 13.1 Å². The normalized spacial score (nSPS) is 13.1. The van der Waals surface area contributed by atoms with Crippen molar-refractivity contribution in [3.05, 3.63) is 0 Å². The van der Waals surface area contributed by atoms with E-state index in [1.807, 2.05) is 13.8 Å². The predicted octanol–water partition coefficient (Wildman–Crippen LogP) is 1.95. The molecule has 0 amide bonds. The van der Waals surface area contributed by atoms with Crippen LogP contribution in [0, 0.1) is 0 Å². The van der Waals surface area contributed by atoms with Crippen LogP contribution in [0.2, 0.25) is 6.55 Å². The zero-order valence-corrected chi connectivity index (χ0v) is 10.3. The molecule has 0 aliphatic heterocycles. The van der Waals surface area contributed by atoms with Crippen molar-refractivity contribution in [2.45, 2.75) is 20.4 Å². The lowest BCUT2D eigenvalue weighted by molar-refractivity contribution is 0.120. The van der Waals surface area contributed by atoms with Gasteiger partial charge in [0, 0.05) is 24.3 Å². The van der Waals surface area contributed by atoms with E-state index in [1.54, 1.807) is 6.55 Å². The minimum absolute atomic E-state index is 0.468. The van der Waals surface area contributed by atoms with Gasteiger partial charge in [-0.1, -0.05) is 0 Å². The van der Waals surface area contributed by atoms with Crippen molar-refractivity contribution < 1.29 is 22.2 Å². The van der Waals surface area contributed by atoms with E-state index in [9.17, 15) is 4.57 Å². The summed E-state index contributed by atoms with van der Waals surface area (Å²) < 4.78 is 31.1. The van der Waals surface area contributed by atoms with Gasteiger partial charge in [-0.2, -0.15) is 0 Å². The van der Waals surface area contributed by atoms with Gasteiger partial charge in [-0.15, -0.1) is 8.74 Å². The molecule has 1 unspecified atom stereocenters. The molecule has 0 aromatic heterocycles. The lowest BCUT2D eigenvalue weighted by atomic mass is 10.9. The van der Waals surface area contributed by atoms with Crippen LogP contribution in [0.5, 0.6) is 0 Å². The highest BCUT2D eigenvalue weighted by Gasteiger charge is 2.45. The number of hydrogen-bond donors (Lipinski definition) is 0. The number of rotatable bonds is 7. The van der Waals surface area contributed by atoms with E-state index in [0.717, 1.165) is 0 Å². The van der Waals surface area contributed by atoms with Crippen molar-refractivity contribution in [3.63, 3.8) is 0 Å². The van der Waals surface area contributed by atoms with Crippen LogP contribution in [0.4, 0.5) is 0 Å². The molecule has 0 aromatic carbocycles. The zero-order valence-electron chi connectivity index (χ0n) is 8.40. The van der Waals surface area contributed by atoms with Crippen LogP contribution in [-0.2, 0) is 22.2 Å². The van der Waals surface area contributed by atoms with Crippen molar-refractivity contribution >= 4 is 17.1 Å². The molecule has 7 heteroatoms. The van der Waals surface area contributed by atoms with Crippen molar-refractivity contribution in [2.24, 2.45) is 0 Å². The van der Waals surface area contributed by atoms with Gasteiger partial charge in [-0.05, 0) is 13.8 Å². The quantitative estimate of drug-likeness (QED) is 0.491. The molecule has 0 spiro atoms. The van der Waals surface area contributed by atoms with Gasteiger partial charge in [-0.25, -0.2) is 0 Å². The molecular weight excluding hydrogens is 211 g/mol. The molecule has 0 radical (unpaired) electrons. The van der Waals surface area contributed by atoms with Crippen LogP contribution in [0.3, 0.4) is 0 Å². The summed E-state index contributed by atoms with van der Waals surface area (Å²) in [5.41, 5.74) is 0. The largest absolute Gasteiger partial charge is 0.690 e. The lowest BCUT2D eigenvalue weighted by Gasteiger charge is -2.17. The first-order valence-corrected chi connectivity index (χ1v) is 7.38. The number of hydrogen-bond acceptors (Lipinski definition) is 5. The Kier molecular flexibility index (Phi) is 6.67. The third-order valence-corrected chi connectivity index (χ3v) is 5.05. The molecule has 5 nitrogen and oxygen atoms in total. The van der Waals surface area contributed by atoms with Gasteiger partial charge < -0.3 is 8.85 Å². The van der Waals surface area contributed by atoms with Gasteiger partial charge in [0.1, 0.15) is 0 Å². The molecule has 0 rings (SSSR count). The molecule has 0 aromatic rings. The Balaban J connectivity index is 4.13. The first-order valence-electron chi connectivity index (χ1n) is 4.06. The summed E-state index contributed by atoms with van der Waals surface area (Å²) in [5, 5.41) is 0. The van der Waals surface area contributed by atoms with Gasteiger partial charge in [-0.3, -0.25) is 0 Å². The zero-order chi connectivity index (χ0) is 10.3. The van der Waals surface area contributed by atoms with Gasteiger partial charge in [0.25, 0.3) is 0 Å². The summed E-state index contributed by atoms with van der Waals surface area (Å²) in [7, 11) is -3.56. The van der Waals surface area contributed by atoms with Crippen LogP contribution in [-0.4, -0.2) is 29.1 Å². The second-order valence-electron chi connectivity index (χ2n) is 2.23. The summed E-state index contributed by atoms with van der Waals surface area (Å²) in [6.45, 7) is 6.28. The van der Waals surface area contributed by atoms with E-state index < -0.39 is 17.1 Å². The second-order valence-corrected chi connectivity index (χ2v) is 6.07. The maximum Gasteiger partial charge on any atom is 0.690 e. The fourth-order valence-corrected chi connectivity index (χ4v) is 3.73. The smallest absolute Gasteiger partial charge is 0.372 e. The van der Waals surface area contributed by atoms with Crippen LogP contribution in [0.15, 0.2) is 0 Å². The highest BCUT2D eigenvalue weighted by molar-refractivity contribution is 7.35. The lowest BCUT2D eigenvalue weighted by Crippen LogP contribution is -2.40. The Hall–Kier alpha value is 0.157. The highest BCUT2D eigenvalue weighted by atomic mass is 31.1. The predicted molar refractivity (Wildman–Crippen MR) is 50.6 cm³/mol. The molecule has 13 heavy (non-hydrogen) atoms. The molecule has 0 saturated carbocycles. The maximum absolute atomic E-state index is 11.0. The van der Waals surface area contributed by atoms with E-state index >= 15 is 0 Å². The van der Waals surface area contributed by atoms with Gasteiger partial charge in [0.05, 0.1) is 7.11 Å². The Labute approximate surface area is 80.6 Å². The van der Waals surface area contributed by atoms with Crippen LogP contribution >= 0.6 is 8.25 Å². The van der Waals surface area contributed by atoms with Gasteiger partial charge in [0.2, 0.25) is 0 Å². The first kappa shape index (κ1) is 13.2. The fraction of sp³-hybridized carbons (Fsp3) is 1.00. The molecule has 0 heterocycles. The summed E-state index contributed by atoms with van der Waals surface area (Å²) in [4.78, 5) is 0. The summed E-state index contributed by atoms with van der Waals surface area (Å²) in [6.07, 6.45) is 0. The molecule has 78 valence electrons. The van der Waals surface area contributed by atoms with Crippen molar-refractivity contribution in [2.75, 3.05) is 20.3 Å². The van der Waals surface area contributed by atoms with E-state index in [1.165, 1.54) is 7.11 Å². The summed E-state index contributed by atoms with van der Waals surface area (Å²) in [5.74, 6) is 0. The Morgan fingerprint density at radius 2 is 1.69 bits per heavy atom. The molecule has 0 N–H and O–H groups in total. The summed E-state index contributed by atoms with van der Waals surface area (Å²) >= 11 is 0.